The predicted molar refractivity (Wildman–Crippen MR) is 140 cm³/mol. The number of carbonyl (C=O) groups excluding carboxylic acids is 1. The molecule has 0 saturated carbocycles. The Balaban J connectivity index is 1.40. The molecular formula is C30H28N2O5. The first-order valence-corrected chi connectivity index (χ1v) is 12.3. The lowest BCUT2D eigenvalue weighted by Crippen LogP contribution is -2.16. The third-order valence-electron chi connectivity index (χ3n) is 6.72. The zero-order chi connectivity index (χ0) is 25.9. The minimum Gasteiger partial charge on any atom is -0.481 e. The van der Waals surface area contributed by atoms with Crippen molar-refractivity contribution in [2.24, 2.45) is 0 Å². The van der Waals surface area contributed by atoms with Crippen LogP contribution in [-0.2, 0) is 28.8 Å². The number of rotatable bonds is 6. The van der Waals surface area contributed by atoms with Gasteiger partial charge in [0.2, 0.25) is 0 Å². The van der Waals surface area contributed by atoms with Crippen molar-refractivity contribution >= 4 is 17.7 Å². The molecule has 1 atom stereocenters. The number of nitrogens with zero attached hydrogens (tertiary/aromatic N) is 1. The van der Waals surface area contributed by atoms with E-state index in [2.05, 4.69) is 22.6 Å². The number of amides is 1. The quantitative estimate of drug-likeness (QED) is 0.306. The second-order valence-electron chi connectivity index (χ2n) is 9.34. The van der Waals surface area contributed by atoms with Crippen LogP contribution in [0.3, 0.4) is 0 Å². The van der Waals surface area contributed by atoms with Gasteiger partial charge in [-0.2, -0.15) is 0 Å². The van der Waals surface area contributed by atoms with Gasteiger partial charge in [0.1, 0.15) is 17.5 Å². The number of benzene rings is 3. The van der Waals surface area contributed by atoms with Gasteiger partial charge in [0, 0.05) is 5.56 Å². The van der Waals surface area contributed by atoms with Crippen molar-refractivity contribution in [3.8, 4) is 22.5 Å². The van der Waals surface area contributed by atoms with E-state index in [0.29, 0.717) is 17.1 Å². The zero-order valence-corrected chi connectivity index (χ0v) is 20.8. The molecule has 7 heteroatoms. The van der Waals surface area contributed by atoms with E-state index >= 15 is 0 Å². The minimum atomic E-state index is -0.830. The van der Waals surface area contributed by atoms with Gasteiger partial charge in [0.25, 0.3) is 0 Å². The molecule has 1 heterocycles. The number of carboxylic acid groups (broad SMARTS) is 1. The molecule has 4 aromatic rings. The summed E-state index contributed by atoms with van der Waals surface area (Å²) >= 11 is 0. The highest BCUT2D eigenvalue weighted by Gasteiger charge is 2.22. The molecule has 1 aromatic heterocycles. The third-order valence-corrected chi connectivity index (χ3v) is 6.72. The highest BCUT2D eigenvalue weighted by molar-refractivity contribution is 5.91. The first-order chi connectivity index (χ1) is 17.9. The Morgan fingerprint density at radius 1 is 1.03 bits per heavy atom. The van der Waals surface area contributed by atoms with Crippen molar-refractivity contribution < 1.29 is 24.0 Å². The van der Waals surface area contributed by atoms with Crippen LogP contribution in [-0.4, -0.2) is 22.3 Å². The van der Waals surface area contributed by atoms with Crippen LogP contribution in [0.2, 0.25) is 0 Å². The molecule has 1 amide bonds. The normalized spacial score (nSPS) is 13.1. The van der Waals surface area contributed by atoms with Crippen LogP contribution in [0, 0.1) is 6.92 Å². The van der Waals surface area contributed by atoms with Crippen LogP contribution in [0.4, 0.5) is 10.5 Å². The van der Waals surface area contributed by atoms with Crippen LogP contribution in [0.5, 0.6) is 0 Å². The third kappa shape index (κ3) is 5.26. The molecule has 1 aliphatic carbocycles. The molecular weight excluding hydrogens is 468 g/mol. The number of aliphatic carboxylic acids is 1. The van der Waals surface area contributed by atoms with Crippen LogP contribution in [0.1, 0.15) is 47.4 Å². The average Bonchev–Trinajstić information content (AvgIpc) is 3.13. The van der Waals surface area contributed by atoms with Crippen LogP contribution < -0.4 is 5.32 Å². The van der Waals surface area contributed by atoms with Gasteiger partial charge in [-0.3, -0.25) is 10.1 Å². The fraction of sp³-hybridized carbons (Fsp3) is 0.233. The molecule has 1 aliphatic rings. The topological polar surface area (TPSA) is 102 Å². The number of aryl methyl sites for hydroxylation is 3. The molecule has 0 aliphatic heterocycles. The van der Waals surface area contributed by atoms with E-state index in [4.69, 9.17) is 14.4 Å². The van der Waals surface area contributed by atoms with Crippen LogP contribution in [0.15, 0.2) is 71.3 Å². The molecule has 188 valence electrons. The first kappa shape index (κ1) is 24.3. The van der Waals surface area contributed by atoms with E-state index in [1.54, 1.807) is 6.92 Å². The van der Waals surface area contributed by atoms with Gasteiger partial charge in [-0.15, -0.1) is 0 Å². The monoisotopic (exact) mass is 496 g/mol. The molecule has 0 radical (unpaired) electrons. The van der Waals surface area contributed by atoms with Gasteiger partial charge < -0.3 is 14.4 Å². The number of carbonyl (C=O) groups is 2. The van der Waals surface area contributed by atoms with Crippen molar-refractivity contribution in [1.29, 1.82) is 0 Å². The average molecular weight is 497 g/mol. The zero-order valence-electron chi connectivity index (χ0n) is 20.8. The first-order valence-electron chi connectivity index (χ1n) is 12.3. The molecule has 2 N–H and O–H groups in total. The molecule has 1 unspecified atom stereocenters. The molecule has 5 rings (SSSR count). The van der Waals surface area contributed by atoms with Crippen molar-refractivity contribution in [2.45, 2.75) is 45.6 Å². The molecule has 37 heavy (non-hydrogen) atoms. The highest BCUT2D eigenvalue weighted by Crippen LogP contribution is 2.38. The smallest absolute Gasteiger partial charge is 0.412 e. The lowest BCUT2D eigenvalue weighted by Gasteiger charge is -2.15. The SMILES string of the molecule is Cc1noc(-c2ccc3c(c2)CCCc2cc(CC(=O)O)ccc2-3)c1NC(=O)OC(C)c1ccccc1. The van der Waals surface area contributed by atoms with E-state index in [-0.39, 0.29) is 6.42 Å². The maximum Gasteiger partial charge on any atom is 0.412 e. The molecule has 0 bridgehead atoms. The lowest BCUT2D eigenvalue weighted by atomic mass is 9.93. The van der Waals surface area contributed by atoms with Gasteiger partial charge in [0.15, 0.2) is 5.76 Å². The molecule has 0 fully saturated rings. The number of carboxylic acids is 1. The van der Waals surface area contributed by atoms with E-state index in [9.17, 15) is 9.59 Å². The van der Waals surface area contributed by atoms with Crippen LogP contribution in [0.25, 0.3) is 22.5 Å². The van der Waals surface area contributed by atoms with Crippen molar-refractivity contribution in [2.75, 3.05) is 5.32 Å². The summed E-state index contributed by atoms with van der Waals surface area (Å²) in [5.41, 5.74) is 8.16. The van der Waals surface area contributed by atoms with Crippen molar-refractivity contribution in [3.63, 3.8) is 0 Å². The summed E-state index contributed by atoms with van der Waals surface area (Å²) in [5.74, 6) is -0.352. The molecule has 3 aromatic carbocycles. The lowest BCUT2D eigenvalue weighted by molar-refractivity contribution is -0.136. The van der Waals surface area contributed by atoms with E-state index in [1.807, 2.05) is 61.5 Å². The van der Waals surface area contributed by atoms with Gasteiger partial charge in [-0.1, -0.05) is 65.8 Å². The molecule has 0 saturated heterocycles. The Kier molecular flexibility index (Phi) is 6.77. The van der Waals surface area contributed by atoms with Crippen molar-refractivity contribution in [3.05, 3.63) is 94.7 Å². The minimum absolute atomic E-state index is 0.0201. The number of nitrogens with one attached hydrogen (secondary N) is 1. The number of fused-ring (bicyclic) bond motifs is 3. The summed E-state index contributed by atoms with van der Waals surface area (Å²) in [5, 5.41) is 16.1. The number of anilines is 1. The summed E-state index contributed by atoms with van der Waals surface area (Å²) in [6, 6.07) is 21.6. The van der Waals surface area contributed by atoms with E-state index < -0.39 is 18.2 Å². The summed E-state index contributed by atoms with van der Waals surface area (Å²) in [4.78, 5) is 23.8. The van der Waals surface area contributed by atoms with Gasteiger partial charge in [-0.05, 0) is 72.6 Å². The van der Waals surface area contributed by atoms with Gasteiger partial charge in [-0.25, -0.2) is 4.79 Å². The fourth-order valence-corrected chi connectivity index (χ4v) is 4.87. The Morgan fingerprint density at radius 3 is 2.46 bits per heavy atom. The molecule has 0 spiro atoms. The van der Waals surface area contributed by atoms with Crippen LogP contribution >= 0.6 is 0 Å². The number of aromatic nitrogens is 1. The predicted octanol–water partition coefficient (Wildman–Crippen LogP) is 6.74. The highest BCUT2D eigenvalue weighted by atomic mass is 16.6. The largest absolute Gasteiger partial charge is 0.481 e. The summed E-state index contributed by atoms with van der Waals surface area (Å²) in [6.07, 6.45) is 1.74. The maximum atomic E-state index is 12.7. The van der Waals surface area contributed by atoms with E-state index in [0.717, 1.165) is 47.1 Å². The standard InChI is InChI=1S/C30H28N2O5/c1-18-28(31-30(35)36-19(2)21-7-4-3-5-8-21)29(37-32-18)24-12-14-26-23(17-24)10-6-9-22-15-20(16-27(33)34)11-13-25(22)26/h3-5,7-8,11-15,17,19H,6,9-10,16H2,1-2H3,(H,31,35)(H,33,34). The summed E-state index contributed by atoms with van der Waals surface area (Å²) < 4.78 is 11.2. The Bertz CT molecular complexity index is 1460. The van der Waals surface area contributed by atoms with Gasteiger partial charge in [0.05, 0.1) is 6.42 Å². The fourth-order valence-electron chi connectivity index (χ4n) is 4.87. The number of hydrogen-bond donors (Lipinski definition) is 2. The summed E-state index contributed by atoms with van der Waals surface area (Å²) in [6.45, 7) is 3.60. The Hall–Kier alpha value is -4.39. The van der Waals surface area contributed by atoms with Gasteiger partial charge >= 0.3 is 12.1 Å². The Morgan fingerprint density at radius 2 is 1.73 bits per heavy atom. The van der Waals surface area contributed by atoms with Crippen molar-refractivity contribution in [1.82, 2.24) is 5.16 Å². The second-order valence-corrected chi connectivity index (χ2v) is 9.34. The second kappa shape index (κ2) is 10.3. The maximum absolute atomic E-state index is 12.7. The number of ether oxygens (including phenoxy) is 1. The Labute approximate surface area is 215 Å². The molecule has 7 nitrogen and oxygen atoms in total. The summed E-state index contributed by atoms with van der Waals surface area (Å²) in [7, 11) is 0. The van der Waals surface area contributed by atoms with E-state index in [1.165, 1.54) is 11.1 Å². The number of hydrogen-bond acceptors (Lipinski definition) is 5.